The van der Waals surface area contributed by atoms with Crippen molar-refractivity contribution in [2.45, 2.75) is 95.5 Å². The highest BCUT2D eigenvalue weighted by Crippen LogP contribution is 2.22. The quantitative estimate of drug-likeness (QED) is 0.345. The number of ether oxygens (including phenoxy) is 2. The molecule has 5 nitrogen and oxygen atoms in total. The third kappa shape index (κ3) is 8.21. The van der Waals surface area contributed by atoms with Gasteiger partial charge in [-0.15, -0.1) is 0 Å². The van der Waals surface area contributed by atoms with Crippen molar-refractivity contribution in [3.05, 3.63) is 0 Å². The predicted molar refractivity (Wildman–Crippen MR) is 98.2 cm³/mol. The van der Waals surface area contributed by atoms with E-state index in [0.717, 1.165) is 12.8 Å². The molecule has 1 aliphatic rings. The van der Waals surface area contributed by atoms with Gasteiger partial charge < -0.3 is 24.8 Å². The van der Waals surface area contributed by atoms with Crippen LogP contribution in [0.1, 0.15) is 71.1 Å². The number of hydrogen-bond acceptors (Lipinski definition) is 6. The molecule has 4 atom stereocenters. The number of hydrogen-bond donors (Lipinski definition) is 3. The zero-order chi connectivity index (χ0) is 17.8. The Labute approximate surface area is 151 Å². The Morgan fingerprint density at radius 1 is 1.12 bits per heavy atom. The maximum Gasteiger partial charge on any atom is 0.160 e. The van der Waals surface area contributed by atoms with Crippen molar-refractivity contribution in [3.63, 3.8) is 0 Å². The zero-order valence-electron chi connectivity index (χ0n) is 14.9. The van der Waals surface area contributed by atoms with Gasteiger partial charge in [-0.1, -0.05) is 58.3 Å². The second-order valence-corrected chi connectivity index (χ2v) is 7.10. The third-order valence-corrected chi connectivity index (χ3v) is 4.78. The van der Waals surface area contributed by atoms with Crippen molar-refractivity contribution < 1.29 is 24.8 Å². The van der Waals surface area contributed by atoms with Crippen molar-refractivity contribution in [1.82, 2.24) is 0 Å². The molecule has 0 amide bonds. The Hall–Kier alpha value is -0.270. The van der Waals surface area contributed by atoms with E-state index in [2.05, 4.69) is 6.92 Å². The fourth-order valence-corrected chi connectivity index (χ4v) is 3.24. The Bertz CT molecular complexity index is 339. The summed E-state index contributed by atoms with van der Waals surface area (Å²) in [6, 6.07) is 0. The van der Waals surface area contributed by atoms with E-state index in [1.54, 1.807) is 0 Å². The molecule has 1 aliphatic heterocycles. The first-order valence-corrected chi connectivity index (χ1v) is 9.79. The highest BCUT2D eigenvalue weighted by Gasteiger charge is 2.42. The first-order valence-electron chi connectivity index (χ1n) is 9.38. The van der Waals surface area contributed by atoms with Gasteiger partial charge >= 0.3 is 0 Å². The van der Waals surface area contributed by atoms with Crippen LogP contribution in [0.25, 0.3) is 0 Å². The summed E-state index contributed by atoms with van der Waals surface area (Å²) < 4.78 is 10.9. The molecule has 0 radical (unpaired) electrons. The van der Waals surface area contributed by atoms with Crippen LogP contribution in [-0.4, -0.2) is 58.0 Å². The van der Waals surface area contributed by atoms with Crippen molar-refractivity contribution in [1.29, 1.82) is 0 Å². The van der Waals surface area contributed by atoms with Gasteiger partial charge in [0, 0.05) is 6.42 Å². The van der Waals surface area contributed by atoms with E-state index in [1.807, 2.05) is 0 Å². The van der Waals surface area contributed by atoms with Crippen LogP contribution in [0.3, 0.4) is 0 Å². The van der Waals surface area contributed by atoms with Gasteiger partial charge in [0.1, 0.15) is 18.3 Å². The van der Waals surface area contributed by atoms with Crippen molar-refractivity contribution in [3.8, 4) is 0 Å². The molecule has 142 valence electrons. The molecular weight excluding hydrogens is 328 g/mol. The van der Waals surface area contributed by atoms with Gasteiger partial charge in [-0.2, -0.15) is 0 Å². The summed E-state index contributed by atoms with van der Waals surface area (Å²) in [5, 5.41) is 29.1. The molecule has 1 fully saturated rings. The van der Waals surface area contributed by atoms with Gasteiger partial charge in [0.15, 0.2) is 11.2 Å². The van der Waals surface area contributed by atoms with Gasteiger partial charge in [0.2, 0.25) is 0 Å². The lowest BCUT2D eigenvalue weighted by atomic mass is 10.1. The summed E-state index contributed by atoms with van der Waals surface area (Å²) in [6.45, 7) is 1.89. The van der Waals surface area contributed by atoms with Crippen LogP contribution >= 0.6 is 12.2 Å². The summed E-state index contributed by atoms with van der Waals surface area (Å²) in [7, 11) is 0. The van der Waals surface area contributed by atoms with Gasteiger partial charge in [-0.3, -0.25) is 0 Å². The smallest absolute Gasteiger partial charge is 0.160 e. The Morgan fingerprint density at radius 3 is 2.29 bits per heavy atom. The first kappa shape index (κ1) is 21.8. The fraction of sp³-hybridized carbons (Fsp3) is 0.944. The van der Waals surface area contributed by atoms with Gasteiger partial charge in [0.05, 0.1) is 13.2 Å². The predicted octanol–water partition coefficient (Wildman–Crippen LogP) is 2.73. The van der Waals surface area contributed by atoms with Crippen LogP contribution in [0, 0.1) is 0 Å². The maximum absolute atomic E-state index is 9.88. The van der Waals surface area contributed by atoms with E-state index in [0.29, 0.717) is 11.5 Å². The molecule has 0 bridgehead atoms. The summed E-state index contributed by atoms with van der Waals surface area (Å²) in [5.41, 5.74) is 0. The van der Waals surface area contributed by atoms with E-state index in [1.165, 1.54) is 44.9 Å². The second kappa shape index (κ2) is 13.0. The van der Waals surface area contributed by atoms with Crippen LogP contribution in [0.2, 0.25) is 0 Å². The number of unbranched alkanes of at least 4 members (excludes halogenated alkanes) is 8. The summed E-state index contributed by atoms with van der Waals surface area (Å²) >= 11 is 5.23. The minimum absolute atomic E-state index is 0.0903. The molecule has 1 saturated heterocycles. The van der Waals surface area contributed by atoms with Crippen molar-refractivity contribution in [2.24, 2.45) is 0 Å². The van der Waals surface area contributed by atoms with E-state index in [9.17, 15) is 10.2 Å². The Kier molecular flexibility index (Phi) is 11.8. The second-order valence-electron chi connectivity index (χ2n) is 6.65. The summed E-state index contributed by atoms with van der Waals surface area (Å²) in [6.07, 6.45) is 8.59. The molecule has 0 aromatic heterocycles. The lowest BCUT2D eigenvalue weighted by Gasteiger charge is -2.24. The van der Waals surface area contributed by atoms with Crippen LogP contribution < -0.4 is 0 Å². The lowest BCUT2D eigenvalue weighted by molar-refractivity contribution is -0.0642. The maximum atomic E-state index is 9.88. The molecule has 0 aliphatic carbocycles. The van der Waals surface area contributed by atoms with Crippen LogP contribution in [0.5, 0.6) is 0 Å². The standard InChI is InChI=1S/C18H34O5S/c1-2-3-4-5-6-7-8-9-10-11-16(24)23-18-15(21)13-22-17(18)14(20)12-19/h14-15,17-21H,2-13H2,1H3/t14-,15+,17+,18+/m1/s1. The molecule has 1 rings (SSSR count). The average Bonchev–Trinajstić information content (AvgIpc) is 2.93. The largest absolute Gasteiger partial charge is 0.478 e. The molecule has 0 aromatic rings. The molecule has 0 saturated carbocycles. The monoisotopic (exact) mass is 362 g/mol. The molecule has 0 spiro atoms. The van der Waals surface area contributed by atoms with E-state index < -0.39 is 31.0 Å². The Balaban J connectivity index is 2.10. The van der Waals surface area contributed by atoms with Gasteiger partial charge in [0.25, 0.3) is 0 Å². The van der Waals surface area contributed by atoms with Crippen LogP contribution in [-0.2, 0) is 9.47 Å². The van der Waals surface area contributed by atoms with Crippen LogP contribution in [0.4, 0.5) is 0 Å². The van der Waals surface area contributed by atoms with Crippen molar-refractivity contribution in [2.75, 3.05) is 13.2 Å². The highest BCUT2D eigenvalue weighted by atomic mass is 32.1. The molecule has 0 unspecified atom stereocenters. The molecule has 24 heavy (non-hydrogen) atoms. The number of aliphatic hydroxyl groups is 3. The van der Waals surface area contributed by atoms with E-state index >= 15 is 0 Å². The average molecular weight is 363 g/mol. The minimum Gasteiger partial charge on any atom is -0.478 e. The van der Waals surface area contributed by atoms with Gasteiger partial charge in [-0.25, -0.2) is 0 Å². The minimum atomic E-state index is -1.07. The Morgan fingerprint density at radius 2 is 1.71 bits per heavy atom. The summed E-state index contributed by atoms with van der Waals surface area (Å²) in [4.78, 5) is 0. The molecule has 6 heteroatoms. The van der Waals surface area contributed by atoms with E-state index in [-0.39, 0.29) is 6.61 Å². The van der Waals surface area contributed by atoms with Gasteiger partial charge in [-0.05, 0) is 18.6 Å². The third-order valence-electron chi connectivity index (χ3n) is 4.48. The molecule has 3 N–H and O–H groups in total. The van der Waals surface area contributed by atoms with Crippen molar-refractivity contribution >= 4 is 17.3 Å². The van der Waals surface area contributed by atoms with E-state index in [4.69, 9.17) is 26.8 Å². The number of rotatable bonds is 13. The molecule has 1 heterocycles. The molecular formula is C18H34O5S. The number of thiocarbonyl (C=S) groups is 1. The zero-order valence-corrected chi connectivity index (χ0v) is 15.7. The fourth-order valence-electron chi connectivity index (χ4n) is 2.99. The summed E-state index contributed by atoms with van der Waals surface area (Å²) in [5.74, 6) is 0. The number of aliphatic hydroxyl groups excluding tert-OH is 3. The highest BCUT2D eigenvalue weighted by molar-refractivity contribution is 7.80. The SMILES string of the molecule is CCCCCCCCCCCC(=S)O[C@@H]1[C@H]([C@H](O)CO)OC[C@@H]1O. The normalized spacial score (nSPS) is 24.9. The van der Waals surface area contributed by atoms with Crippen LogP contribution in [0.15, 0.2) is 0 Å². The molecule has 0 aromatic carbocycles. The lowest BCUT2D eigenvalue weighted by Crippen LogP contribution is -2.43. The first-order chi connectivity index (χ1) is 11.6. The topological polar surface area (TPSA) is 79.2 Å².